The number of nitro groups is 1. The summed E-state index contributed by atoms with van der Waals surface area (Å²) in [7, 11) is 1.45. The largest absolute Gasteiger partial charge is 0.496 e. The molecule has 1 aromatic heterocycles. The Morgan fingerprint density at radius 1 is 1.32 bits per heavy atom. The van der Waals surface area contributed by atoms with Gasteiger partial charge in [0.25, 0.3) is 0 Å². The highest BCUT2D eigenvalue weighted by molar-refractivity contribution is 6.32. The molecule has 1 heterocycles. The van der Waals surface area contributed by atoms with Crippen LogP contribution in [0.4, 0.5) is 5.69 Å². The van der Waals surface area contributed by atoms with Crippen LogP contribution in [-0.2, 0) is 0 Å². The maximum Gasteiger partial charge on any atom is 0.332 e. The standard InChI is InChI=1S/C11H7Cl2N3O3/c1-19-8-3-2-6(12)4-7(8)9-10(16(17)18)11(13)15-5-14-9/h2-5H,1H3. The van der Waals surface area contributed by atoms with Crippen molar-refractivity contribution >= 4 is 28.9 Å². The lowest BCUT2D eigenvalue weighted by Crippen LogP contribution is -1.99. The number of aromatic nitrogens is 2. The summed E-state index contributed by atoms with van der Waals surface area (Å²) in [6.45, 7) is 0. The summed E-state index contributed by atoms with van der Waals surface area (Å²) >= 11 is 11.6. The second-order valence-electron chi connectivity index (χ2n) is 3.46. The summed E-state index contributed by atoms with van der Waals surface area (Å²) in [5.41, 5.74) is 0.0556. The summed E-state index contributed by atoms with van der Waals surface area (Å²) < 4.78 is 5.14. The predicted octanol–water partition coefficient (Wildman–Crippen LogP) is 3.37. The van der Waals surface area contributed by atoms with Crippen molar-refractivity contribution in [2.75, 3.05) is 7.11 Å². The first kappa shape index (κ1) is 13.5. The Balaban J connectivity index is 2.75. The minimum Gasteiger partial charge on any atom is -0.496 e. The van der Waals surface area contributed by atoms with Gasteiger partial charge in [0.15, 0.2) is 5.69 Å². The van der Waals surface area contributed by atoms with Crippen molar-refractivity contribution in [3.63, 3.8) is 0 Å². The van der Waals surface area contributed by atoms with E-state index in [9.17, 15) is 10.1 Å². The van der Waals surface area contributed by atoms with E-state index in [1.165, 1.54) is 13.2 Å². The van der Waals surface area contributed by atoms with Gasteiger partial charge < -0.3 is 4.74 Å². The van der Waals surface area contributed by atoms with Gasteiger partial charge in [-0.15, -0.1) is 0 Å². The Bertz CT molecular complexity index is 649. The Hall–Kier alpha value is -1.92. The Labute approximate surface area is 118 Å². The lowest BCUT2D eigenvalue weighted by molar-refractivity contribution is -0.384. The van der Waals surface area contributed by atoms with Gasteiger partial charge in [-0.3, -0.25) is 10.1 Å². The topological polar surface area (TPSA) is 78.2 Å². The highest BCUT2D eigenvalue weighted by atomic mass is 35.5. The number of benzene rings is 1. The van der Waals surface area contributed by atoms with Crippen LogP contribution in [-0.4, -0.2) is 22.0 Å². The van der Waals surface area contributed by atoms with Gasteiger partial charge in [0.1, 0.15) is 12.1 Å². The van der Waals surface area contributed by atoms with Gasteiger partial charge in [0.05, 0.1) is 17.6 Å². The number of rotatable bonds is 3. The smallest absolute Gasteiger partial charge is 0.332 e. The van der Waals surface area contributed by atoms with Crippen LogP contribution in [0.15, 0.2) is 24.5 Å². The van der Waals surface area contributed by atoms with Gasteiger partial charge in [-0.2, -0.15) is 0 Å². The van der Waals surface area contributed by atoms with Gasteiger partial charge in [0.2, 0.25) is 5.15 Å². The summed E-state index contributed by atoms with van der Waals surface area (Å²) in [6.07, 6.45) is 1.14. The number of halogens is 2. The molecule has 0 unspecified atom stereocenters. The van der Waals surface area contributed by atoms with E-state index in [-0.39, 0.29) is 16.5 Å². The molecular formula is C11H7Cl2N3O3. The molecule has 0 fully saturated rings. The van der Waals surface area contributed by atoms with Crippen molar-refractivity contribution in [1.82, 2.24) is 9.97 Å². The Morgan fingerprint density at radius 2 is 2.05 bits per heavy atom. The third-order valence-electron chi connectivity index (χ3n) is 2.38. The third kappa shape index (κ3) is 2.59. The molecule has 6 nitrogen and oxygen atoms in total. The maximum absolute atomic E-state index is 11.1. The molecule has 0 N–H and O–H groups in total. The molecule has 2 rings (SSSR count). The number of nitrogens with zero attached hydrogens (tertiary/aromatic N) is 3. The van der Waals surface area contributed by atoms with Gasteiger partial charge in [-0.1, -0.05) is 23.2 Å². The van der Waals surface area contributed by atoms with Crippen molar-refractivity contribution in [2.24, 2.45) is 0 Å². The van der Waals surface area contributed by atoms with Crippen molar-refractivity contribution < 1.29 is 9.66 Å². The van der Waals surface area contributed by atoms with Crippen molar-refractivity contribution in [3.8, 4) is 17.0 Å². The summed E-state index contributed by atoms with van der Waals surface area (Å²) in [5.74, 6) is 0.405. The zero-order valence-corrected chi connectivity index (χ0v) is 11.1. The van der Waals surface area contributed by atoms with Crippen LogP contribution >= 0.6 is 23.2 Å². The van der Waals surface area contributed by atoms with Crippen LogP contribution in [0.25, 0.3) is 11.3 Å². The van der Waals surface area contributed by atoms with Crippen molar-refractivity contribution in [3.05, 3.63) is 44.8 Å². The minimum absolute atomic E-state index is 0.0596. The monoisotopic (exact) mass is 299 g/mol. The average molecular weight is 300 g/mol. The fourth-order valence-corrected chi connectivity index (χ4v) is 1.96. The molecule has 0 bridgehead atoms. The molecule has 0 aliphatic carbocycles. The van der Waals surface area contributed by atoms with E-state index in [0.29, 0.717) is 16.3 Å². The molecule has 98 valence electrons. The molecular weight excluding hydrogens is 293 g/mol. The van der Waals surface area contributed by atoms with E-state index in [0.717, 1.165) is 6.33 Å². The quantitative estimate of drug-likeness (QED) is 0.493. The van der Waals surface area contributed by atoms with Crippen LogP contribution < -0.4 is 4.74 Å². The molecule has 0 aliphatic heterocycles. The highest BCUT2D eigenvalue weighted by Crippen LogP contribution is 2.38. The summed E-state index contributed by atoms with van der Waals surface area (Å²) in [5, 5.41) is 11.2. The molecule has 0 aliphatic rings. The van der Waals surface area contributed by atoms with E-state index in [2.05, 4.69) is 9.97 Å². The van der Waals surface area contributed by atoms with Crippen LogP contribution in [0.1, 0.15) is 0 Å². The lowest BCUT2D eigenvalue weighted by Gasteiger charge is -2.08. The molecule has 0 saturated heterocycles. The van der Waals surface area contributed by atoms with Gasteiger partial charge in [0, 0.05) is 5.02 Å². The molecule has 0 spiro atoms. The van der Waals surface area contributed by atoms with Gasteiger partial charge in [-0.25, -0.2) is 9.97 Å². The SMILES string of the molecule is COc1ccc(Cl)cc1-c1ncnc(Cl)c1[N+](=O)[O-]. The summed E-state index contributed by atoms with van der Waals surface area (Å²) in [4.78, 5) is 17.9. The molecule has 0 radical (unpaired) electrons. The van der Waals surface area contributed by atoms with Crippen molar-refractivity contribution in [2.45, 2.75) is 0 Å². The number of methoxy groups -OCH3 is 1. The second kappa shape index (κ2) is 5.38. The van der Waals surface area contributed by atoms with E-state index in [1.54, 1.807) is 12.1 Å². The lowest BCUT2D eigenvalue weighted by atomic mass is 10.1. The molecule has 2 aromatic rings. The highest BCUT2D eigenvalue weighted by Gasteiger charge is 2.25. The fraction of sp³-hybridized carbons (Fsp3) is 0.0909. The average Bonchev–Trinajstić information content (AvgIpc) is 2.37. The number of ether oxygens (including phenoxy) is 1. The third-order valence-corrected chi connectivity index (χ3v) is 2.89. The second-order valence-corrected chi connectivity index (χ2v) is 4.26. The van der Waals surface area contributed by atoms with E-state index in [4.69, 9.17) is 27.9 Å². The van der Waals surface area contributed by atoms with Gasteiger partial charge >= 0.3 is 5.69 Å². The van der Waals surface area contributed by atoms with Crippen LogP contribution in [0.2, 0.25) is 10.2 Å². The maximum atomic E-state index is 11.1. The molecule has 0 amide bonds. The molecule has 1 aromatic carbocycles. The minimum atomic E-state index is -0.641. The zero-order valence-electron chi connectivity index (χ0n) is 9.63. The van der Waals surface area contributed by atoms with Crippen LogP contribution in [0.3, 0.4) is 0 Å². The Morgan fingerprint density at radius 3 is 2.68 bits per heavy atom. The molecule has 0 saturated carbocycles. The molecule has 19 heavy (non-hydrogen) atoms. The van der Waals surface area contributed by atoms with Crippen LogP contribution in [0.5, 0.6) is 5.75 Å². The van der Waals surface area contributed by atoms with Crippen LogP contribution in [0, 0.1) is 10.1 Å². The van der Waals surface area contributed by atoms with E-state index >= 15 is 0 Å². The Kier molecular flexibility index (Phi) is 3.82. The number of hydrogen-bond donors (Lipinski definition) is 0. The van der Waals surface area contributed by atoms with E-state index < -0.39 is 4.92 Å². The first-order valence-corrected chi connectivity index (χ1v) is 5.79. The van der Waals surface area contributed by atoms with Gasteiger partial charge in [-0.05, 0) is 18.2 Å². The zero-order chi connectivity index (χ0) is 14.0. The van der Waals surface area contributed by atoms with Crippen molar-refractivity contribution in [1.29, 1.82) is 0 Å². The number of hydrogen-bond acceptors (Lipinski definition) is 5. The predicted molar refractivity (Wildman–Crippen MR) is 70.7 cm³/mol. The molecule has 8 heteroatoms. The first-order chi connectivity index (χ1) is 9.04. The van der Waals surface area contributed by atoms with E-state index in [1.807, 2.05) is 0 Å². The fourth-order valence-electron chi connectivity index (χ4n) is 1.58. The first-order valence-electron chi connectivity index (χ1n) is 5.03. The normalized spacial score (nSPS) is 10.3. The molecule has 0 atom stereocenters. The summed E-state index contributed by atoms with van der Waals surface area (Å²) in [6, 6.07) is 4.72.